The fourth-order valence-corrected chi connectivity index (χ4v) is 2.45. The van der Waals surface area contributed by atoms with E-state index in [9.17, 15) is 4.79 Å². The smallest absolute Gasteiger partial charge is 0.311 e. The van der Waals surface area contributed by atoms with Crippen molar-refractivity contribution >= 4 is 39.7 Å². The Bertz CT molecular complexity index is 615. The number of thiazole rings is 1. The normalized spacial score (nSPS) is 10.2. The topological polar surface area (TPSA) is 60.5 Å². The summed E-state index contributed by atoms with van der Waals surface area (Å²) in [5, 5.41) is 6.18. The summed E-state index contributed by atoms with van der Waals surface area (Å²) in [6.45, 7) is 0. The van der Waals surface area contributed by atoms with Crippen LogP contribution in [0.25, 0.3) is 0 Å². The van der Waals surface area contributed by atoms with Crippen LogP contribution < -0.4 is 10.1 Å². The van der Waals surface area contributed by atoms with Gasteiger partial charge in [-0.1, -0.05) is 11.6 Å². The fraction of sp³-hybridized carbons (Fsp3) is 0.231. The van der Waals surface area contributed by atoms with Gasteiger partial charge in [0.15, 0.2) is 5.13 Å². The second-order valence-electron chi connectivity index (χ2n) is 3.87. The summed E-state index contributed by atoms with van der Waals surface area (Å²) in [4.78, 5) is 15.5. The Hall–Kier alpha value is -1.79. The van der Waals surface area contributed by atoms with E-state index in [-0.39, 0.29) is 12.4 Å². The molecular formula is C13H13ClN2O3S. The van der Waals surface area contributed by atoms with E-state index >= 15 is 0 Å². The maximum atomic E-state index is 11.2. The number of nitrogens with zero attached hydrogens (tertiary/aromatic N) is 1. The Labute approximate surface area is 125 Å². The van der Waals surface area contributed by atoms with Crippen molar-refractivity contribution in [2.75, 3.05) is 19.5 Å². The molecule has 1 aromatic heterocycles. The molecule has 0 aliphatic heterocycles. The van der Waals surface area contributed by atoms with E-state index in [1.165, 1.54) is 18.4 Å². The summed E-state index contributed by atoms with van der Waals surface area (Å²) in [6, 6.07) is 5.35. The molecule has 20 heavy (non-hydrogen) atoms. The number of aromatic nitrogens is 1. The highest BCUT2D eigenvalue weighted by atomic mass is 35.5. The van der Waals surface area contributed by atoms with Gasteiger partial charge >= 0.3 is 5.97 Å². The highest BCUT2D eigenvalue weighted by molar-refractivity contribution is 7.13. The first kappa shape index (κ1) is 14.6. The molecule has 0 bridgehead atoms. The lowest BCUT2D eigenvalue weighted by Crippen LogP contribution is -2.04. The first-order chi connectivity index (χ1) is 9.62. The summed E-state index contributed by atoms with van der Waals surface area (Å²) in [5.74, 6) is 0.276. The zero-order valence-corrected chi connectivity index (χ0v) is 12.5. The van der Waals surface area contributed by atoms with Crippen molar-refractivity contribution in [1.29, 1.82) is 0 Å². The molecule has 0 radical (unpaired) electrons. The lowest BCUT2D eigenvalue weighted by atomic mass is 10.3. The predicted octanol–water partition coefficient (Wildman–Crippen LogP) is 3.26. The SMILES string of the molecule is COC(=O)Cc1csc(Nc2ccc(Cl)c(OC)c2)n1. The minimum Gasteiger partial charge on any atom is -0.495 e. The molecule has 2 rings (SSSR count). The molecule has 0 atom stereocenters. The molecule has 1 N–H and O–H groups in total. The number of hydrogen-bond acceptors (Lipinski definition) is 6. The van der Waals surface area contributed by atoms with Crippen molar-refractivity contribution in [3.8, 4) is 5.75 Å². The molecule has 106 valence electrons. The zero-order chi connectivity index (χ0) is 14.5. The number of halogens is 1. The monoisotopic (exact) mass is 312 g/mol. The number of anilines is 2. The largest absolute Gasteiger partial charge is 0.495 e. The van der Waals surface area contributed by atoms with Gasteiger partial charge in [-0.25, -0.2) is 4.98 Å². The van der Waals surface area contributed by atoms with Gasteiger partial charge in [-0.05, 0) is 12.1 Å². The van der Waals surface area contributed by atoms with Crippen molar-refractivity contribution < 1.29 is 14.3 Å². The molecule has 5 nitrogen and oxygen atoms in total. The Morgan fingerprint density at radius 2 is 2.25 bits per heavy atom. The molecule has 1 aromatic carbocycles. The third kappa shape index (κ3) is 3.61. The number of carbonyl (C=O) groups is 1. The predicted molar refractivity (Wildman–Crippen MR) is 79.1 cm³/mol. The lowest BCUT2D eigenvalue weighted by Gasteiger charge is -2.06. The van der Waals surface area contributed by atoms with Gasteiger partial charge in [-0.15, -0.1) is 11.3 Å². The highest BCUT2D eigenvalue weighted by Crippen LogP contribution is 2.29. The van der Waals surface area contributed by atoms with Gasteiger partial charge in [0.1, 0.15) is 5.75 Å². The number of carbonyl (C=O) groups excluding carboxylic acids is 1. The van der Waals surface area contributed by atoms with E-state index in [2.05, 4.69) is 15.0 Å². The van der Waals surface area contributed by atoms with Crippen molar-refractivity contribution in [2.24, 2.45) is 0 Å². The molecule has 0 unspecified atom stereocenters. The third-order valence-corrected chi connectivity index (χ3v) is 3.63. The van der Waals surface area contributed by atoms with E-state index in [0.717, 1.165) is 5.69 Å². The zero-order valence-electron chi connectivity index (χ0n) is 11.0. The van der Waals surface area contributed by atoms with Crippen LogP contribution in [0.2, 0.25) is 5.02 Å². The number of nitrogens with one attached hydrogen (secondary N) is 1. The van der Waals surface area contributed by atoms with Gasteiger partial charge in [0.2, 0.25) is 0 Å². The number of hydrogen-bond donors (Lipinski definition) is 1. The highest BCUT2D eigenvalue weighted by Gasteiger charge is 2.08. The molecule has 0 aliphatic carbocycles. The van der Waals surface area contributed by atoms with E-state index < -0.39 is 0 Å². The quantitative estimate of drug-likeness (QED) is 0.859. The average Bonchev–Trinajstić information content (AvgIpc) is 2.88. The molecule has 1 heterocycles. The van der Waals surface area contributed by atoms with Crippen LogP contribution in [0.3, 0.4) is 0 Å². The van der Waals surface area contributed by atoms with E-state index in [4.69, 9.17) is 16.3 Å². The van der Waals surface area contributed by atoms with E-state index in [0.29, 0.717) is 21.6 Å². The van der Waals surface area contributed by atoms with Crippen LogP contribution in [-0.4, -0.2) is 25.2 Å². The van der Waals surface area contributed by atoms with Crippen LogP contribution >= 0.6 is 22.9 Å². The minimum atomic E-state index is -0.310. The van der Waals surface area contributed by atoms with E-state index in [1.807, 2.05) is 11.4 Å². The fourth-order valence-electron chi connectivity index (χ4n) is 1.53. The van der Waals surface area contributed by atoms with Crippen LogP contribution in [0.15, 0.2) is 23.6 Å². The van der Waals surface area contributed by atoms with Crippen LogP contribution in [0, 0.1) is 0 Å². The summed E-state index contributed by atoms with van der Waals surface area (Å²) >= 11 is 7.37. The first-order valence-corrected chi connectivity index (χ1v) is 7.00. The minimum absolute atomic E-state index is 0.165. The summed E-state index contributed by atoms with van der Waals surface area (Å²) in [6.07, 6.45) is 0.165. The Morgan fingerprint density at radius 1 is 1.45 bits per heavy atom. The second kappa shape index (κ2) is 6.58. The van der Waals surface area contributed by atoms with Gasteiger partial charge in [-0.2, -0.15) is 0 Å². The summed E-state index contributed by atoms with van der Waals surface area (Å²) in [7, 11) is 2.91. The van der Waals surface area contributed by atoms with Crippen molar-refractivity contribution in [2.45, 2.75) is 6.42 Å². The van der Waals surface area contributed by atoms with Gasteiger partial charge in [0.05, 0.1) is 31.4 Å². The van der Waals surface area contributed by atoms with Crippen LogP contribution in [0.5, 0.6) is 5.75 Å². The molecule has 0 spiro atoms. The molecule has 0 fully saturated rings. The van der Waals surface area contributed by atoms with Gasteiger partial charge in [-0.3, -0.25) is 4.79 Å². The van der Waals surface area contributed by atoms with Gasteiger partial charge < -0.3 is 14.8 Å². The second-order valence-corrected chi connectivity index (χ2v) is 5.14. The number of rotatable bonds is 5. The van der Waals surface area contributed by atoms with E-state index in [1.54, 1.807) is 19.2 Å². The molecule has 0 saturated carbocycles. The first-order valence-electron chi connectivity index (χ1n) is 5.74. The summed E-state index contributed by atoms with van der Waals surface area (Å²) in [5.41, 5.74) is 1.48. The molecule has 0 aliphatic rings. The van der Waals surface area contributed by atoms with Crippen LogP contribution in [-0.2, 0) is 16.0 Å². The Kier molecular flexibility index (Phi) is 4.81. The number of ether oxygens (including phenoxy) is 2. The van der Waals surface area contributed by atoms with Gasteiger partial charge in [0, 0.05) is 17.1 Å². The molecule has 2 aromatic rings. The van der Waals surface area contributed by atoms with Crippen molar-refractivity contribution in [3.63, 3.8) is 0 Å². The Morgan fingerprint density at radius 3 is 2.95 bits per heavy atom. The standard InChI is InChI=1S/C13H13ClN2O3S/c1-18-11-5-8(3-4-10(11)14)15-13-16-9(7-20-13)6-12(17)19-2/h3-5,7H,6H2,1-2H3,(H,15,16). The third-order valence-electron chi connectivity index (χ3n) is 2.51. The number of esters is 1. The van der Waals surface area contributed by atoms with Gasteiger partial charge in [0.25, 0.3) is 0 Å². The molecule has 0 saturated heterocycles. The molecule has 0 amide bonds. The maximum Gasteiger partial charge on any atom is 0.311 e. The van der Waals surface area contributed by atoms with Crippen LogP contribution in [0.1, 0.15) is 5.69 Å². The maximum absolute atomic E-state index is 11.2. The molecular weight excluding hydrogens is 300 g/mol. The van der Waals surface area contributed by atoms with Crippen molar-refractivity contribution in [3.05, 3.63) is 34.3 Å². The Balaban J connectivity index is 2.08. The average molecular weight is 313 g/mol. The number of benzene rings is 1. The van der Waals surface area contributed by atoms with Crippen LogP contribution in [0.4, 0.5) is 10.8 Å². The van der Waals surface area contributed by atoms with Crippen molar-refractivity contribution in [1.82, 2.24) is 4.98 Å². The summed E-state index contributed by atoms with van der Waals surface area (Å²) < 4.78 is 9.74. The molecule has 7 heteroatoms. The number of methoxy groups -OCH3 is 2. The lowest BCUT2D eigenvalue weighted by molar-refractivity contribution is -0.139.